The van der Waals surface area contributed by atoms with Crippen molar-refractivity contribution in [3.05, 3.63) is 42.5 Å². The molecule has 0 aliphatic rings. The van der Waals surface area contributed by atoms with Crippen molar-refractivity contribution in [3.63, 3.8) is 0 Å². The minimum Gasteiger partial charge on any atom is -0.389 e. The van der Waals surface area contributed by atoms with Gasteiger partial charge in [-0.1, -0.05) is 13.5 Å². The van der Waals surface area contributed by atoms with E-state index in [1.54, 1.807) is 55.1 Å². The van der Waals surface area contributed by atoms with Crippen LogP contribution >= 0.6 is 0 Å². The third-order valence-electron chi connectivity index (χ3n) is 7.02. The van der Waals surface area contributed by atoms with Crippen molar-refractivity contribution in [2.45, 2.75) is 70.5 Å². The number of nitrogens with zero attached hydrogens (tertiary/aromatic N) is 4. The number of aryl methyl sites for hydroxylation is 2. The third kappa shape index (κ3) is 15.1. The van der Waals surface area contributed by atoms with Crippen LogP contribution in [0.5, 0.6) is 0 Å². The van der Waals surface area contributed by atoms with E-state index in [1.807, 2.05) is 28.5 Å². The van der Waals surface area contributed by atoms with Crippen LogP contribution in [-0.2, 0) is 55.5 Å². The topological polar surface area (TPSA) is 150 Å². The first-order chi connectivity index (χ1) is 21.6. The quantitative estimate of drug-likeness (QED) is 0.124. The molecular weight excluding hydrogens is 621 g/mol. The Morgan fingerprint density at radius 3 is 1.73 bits per heavy atom. The van der Waals surface area contributed by atoms with Gasteiger partial charge in [-0.3, -0.25) is 0 Å². The van der Waals surface area contributed by atoms with Crippen molar-refractivity contribution >= 4 is 23.7 Å². The lowest BCUT2D eigenvalue weighted by Crippen LogP contribution is -2.42. The second-order valence-electron chi connectivity index (χ2n) is 10.3. The lowest BCUT2D eigenvalue weighted by atomic mass is 10.3. The van der Waals surface area contributed by atoms with E-state index in [0.29, 0.717) is 45.0 Å². The van der Waals surface area contributed by atoms with Gasteiger partial charge in [0.25, 0.3) is 0 Å². The SMILES string of the molecule is C=Cc1cn(CC(O)COCCC[Si](OC)(OC)OC)cn1.CCc1nc(C)cn1CC(O)COCCC[Si](OC)(OC)OC. The number of hydrogen-bond donors (Lipinski definition) is 2. The number of aliphatic hydroxyl groups excluding tert-OH is 2. The Labute approximate surface area is 270 Å². The van der Waals surface area contributed by atoms with Crippen LogP contribution in [0.25, 0.3) is 6.08 Å². The van der Waals surface area contributed by atoms with Gasteiger partial charge in [-0.15, -0.1) is 0 Å². The molecule has 14 nitrogen and oxygen atoms in total. The van der Waals surface area contributed by atoms with E-state index < -0.39 is 29.8 Å². The van der Waals surface area contributed by atoms with Crippen LogP contribution in [0.15, 0.2) is 25.3 Å². The fourth-order valence-corrected chi connectivity index (χ4v) is 7.91. The smallest absolute Gasteiger partial charge is 0.389 e. The van der Waals surface area contributed by atoms with Gasteiger partial charge in [0.1, 0.15) is 5.82 Å². The Morgan fingerprint density at radius 2 is 1.31 bits per heavy atom. The van der Waals surface area contributed by atoms with Gasteiger partial charge in [0, 0.05) is 86.8 Å². The Bertz CT molecular complexity index is 1030. The van der Waals surface area contributed by atoms with Crippen molar-refractivity contribution in [2.75, 3.05) is 69.1 Å². The van der Waals surface area contributed by atoms with Crippen LogP contribution in [0.1, 0.15) is 37.0 Å². The summed E-state index contributed by atoms with van der Waals surface area (Å²) < 4.78 is 46.9. The van der Waals surface area contributed by atoms with E-state index in [0.717, 1.165) is 36.5 Å². The summed E-state index contributed by atoms with van der Waals surface area (Å²) in [5.74, 6) is 0.984. The summed E-state index contributed by atoms with van der Waals surface area (Å²) in [4.78, 5) is 8.53. The zero-order valence-corrected chi connectivity index (χ0v) is 30.4. The third-order valence-corrected chi connectivity index (χ3v) is 12.7. The van der Waals surface area contributed by atoms with Gasteiger partial charge in [0.2, 0.25) is 0 Å². The molecule has 0 fully saturated rings. The summed E-state index contributed by atoms with van der Waals surface area (Å²) in [5.41, 5.74) is 1.75. The standard InChI is InChI=1S/C15H30N2O5Si.C14H26N2O5Si/c1-6-15-16-13(2)10-17(15)11-14(18)12-22-8-7-9-23(19-3,20-4)21-5;1-5-13-9-16(12-15-13)10-14(17)11-21-7-6-8-22(18-2,19-3)20-4/h10,14,18H,6-9,11-12H2,1-5H3;5,9,12,14,17H,1,6-8,10-11H2,2-4H3. The minimum absolute atomic E-state index is 0.267. The van der Waals surface area contributed by atoms with Gasteiger partial charge < -0.3 is 55.4 Å². The molecule has 0 aliphatic heterocycles. The molecule has 260 valence electrons. The van der Waals surface area contributed by atoms with Gasteiger partial charge in [0.15, 0.2) is 0 Å². The van der Waals surface area contributed by atoms with E-state index in [4.69, 9.17) is 36.0 Å². The highest BCUT2D eigenvalue weighted by molar-refractivity contribution is 6.60. The number of ether oxygens (including phenoxy) is 2. The normalized spacial score (nSPS) is 13.4. The van der Waals surface area contributed by atoms with E-state index >= 15 is 0 Å². The molecule has 0 aromatic carbocycles. The van der Waals surface area contributed by atoms with Crippen molar-refractivity contribution in [1.29, 1.82) is 0 Å². The van der Waals surface area contributed by atoms with Crippen LogP contribution in [0.3, 0.4) is 0 Å². The predicted molar refractivity (Wildman–Crippen MR) is 175 cm³/mol. The molecule has 0 aliphatic carbocycles. The summed E-state index contributed by atoms with van der Waals surface area (Å²) in [7, 11) is 4.53. The Kier molecular flexibility index (Phi) is 20.8. The van der Waals surface area contributed by atoms with Crippen LogP contribution in [0, 0.1) is 6.92 Å². The molecule has 2 aromatic rings. The predicted octanol–water partition coefficient (Wildman–Crippen LogP) is 2.57. The monoisotopic (exact) mass is 676 g/mol. The molecule has 2 atom stereocenters. The average Bonchev–Trinajstić information content (AvgIpc) is 3.66. The lowest BCUT2D eigenvalue weighted by Gasteiger charge is -2.24. The molecule has 2 aromatic heterocycles. The van der Waals surface area contributed by atoms with E-state index in [1.165, 1.54) is 0 Å². The second kappa shape index (κ2) is 22.7. The molecular formula is C29H56N4O10Si2. The van der Waals surface area contributed by atoms with Gasteiger partial charge in [-0.2, -0.15) is 0 Å². The number of aromatic nitrogens is 4. The van der Waals surface area contributed by atoms with Crippen LogP contribution in [-0.4, -0.2) is 128 Å². The number of aliphatic hydroxyl groups is 2. The maximum absolute atomic E-state index is 10.1. The molecule has 0 bridgehead atoms. The molecule has 16 heteroatoms. The molecule has 0 amide bonds. The van der Waals surface area contributed by atoms with Gasteiger partial charge in [-0.25, -0.2) is 9.97 Å². The first-order valence-electron chi connectivity index (χ1n) is 15.1. The van der Waals surface area contributed by atoms with Gasteiger partial charge >= 0.3 is 17.6 Å². The summed E-state index contributed by atoms with van der Waals surface area (Å²) in [6.07, 6.45) is 8.33. The van der Waals surface area contributed by atoms with Gasteiger partial charge in [-0.05, 0) is 25.8 Å². The first kappa shape index (κ1) is 41.2. The van der Waals surface area contributed by atoms with Crippen molar-refractivity contribution in [2.24, 2.45) is 0 Å². The van der Waals surface area contributed by atoms with Crippen LogP contribution < -0.4 is 0 Å². The van der Waals surface area contributed by atoms with Crippen molar-refractivity contribution < 1.29 is 46.2 Å². The maximum Gasteiger partial charge on any atom is 0.500 e. The van der Waals surface area contributed by atoms with Gasteiger partial charge in [0.05, 0.1) is 56.2 Å². The van der Waals surface area contributed by atoms with Crippen LogP contribution in [0.4, 0.5) is 0 Å². The molecule has 0 radical (unpaired) electrons. The first-order valence-corrected chi connectivity index (χ1v) is 18.9. The Morgan fingerprint density at radius 1 is 0.822 bits per heavy atom. The molecule has 45 heavy (non-hydrogen) atoms. The number of imidazole rings is 2. The number of rotatable bonds is 24. The summed E-state index contributed by atoms with van der Waals surface area (Å²) in [6.45, 7) is 10.2. The van der Waals surface area contributed by atoms with E-state index in [-0.39, 0.29) is 6.61 Å². The fourth-order valence-electron chi connectivity index (χ4n) is 4.53. The van der Waals surface area contributed by atoms with E-state index in [9.17, 15) is 10.2 Å². The van der Waals surface area contributed by atoms with Crippen molar-refractivity contribution in [1.82, 2.24) is 19.1 Å². The Balaban J connectivity index is 0.000000450. The largest absolute Gasteiger partial charge is 0.500 e. The zero-order chi connectivity index (χ0) is 33.7. The highest BCUT2D eigenvalue weighted by Crippen LogP contribution is 2.16. The summed E-state index contributed by atoms with van der Waals surface area (Å²) >= 11 is 0. The van der Waals surface area contributed by atoms with E-state index in [2.05, 4.69) is 23.5 Å². The highest BCUT2D eigenvalue weighted by Gasteiger charge is 2.37. The summed E-state index contributed by atoms with van der Waals surface area (Å²) in [5, 5.41) is 20.0. The Hall–Kier alpha value is -1.81. The average molecular weight is 677 g/mol. The molecule has 2 N–H and O–H groups in total. The number of hydrogen-bond acceptors (Lipinski definition) is 12. The van der Waals surface area contributed by atoms with Crippen LogP contribution in [0.2, 0.25) is 12.1 Å². The maximum atomic E-state index is 10.1. The highest BCUT2D eigenvalue weighted by atomic mass is 28.4. The fraction of sp³-hybridized carbons (Fsp3) is 0.724. The molecule has 2 heterocycles. The summed E-state index contributed by atoms with van der Waals surface area (Å²) in [6, 6.07) is 1.37. The molecule has 0 saturated heterocycles. The molecule has 0 saturated carbocycles. The lowest BCUT2D eigenvalue weighted by molar-refractivity contribution is 0.0262. The second-order valence-corrected chi connectivity index (χ2v) is 16.4. The minimum atomic E-state index is -2.52. The van der Waals surface area contributed by atoms with Crippen molar-refractivity contribution in [3.8, 4) is 0 Å². The molecule has 2 unspecified atom stereocenters. The molecule has 0 spiro atoms. The molecule has 2 rings (SSSR count). The zero-order valence-electron chi connectivity index (χ0n) is 28.4.